The third-order valence-corrected chi connectivity index (χ3v) is 5.21. The maximum absolute atomic E-state index is 12.5. The fourth-order valence-corrected chi connectivity index (χ4v) is 3.40. The summed E-state index contributed by atoms with van der Waals surface area (Å²) in [5, 5.41) is 3.05. The Balaban J connectivity index is 1.42. The average Bonchev–Trinajstić information content (AvgIpc) is 2.73. The second-order valence-electron chi connectivity index (χ2n) is 7.04. The number of piperazine rings is 1. The minimum atomic E-state index is -0.100. The predicted molar refractivity (Wildman–Crippen MR) is 108 cm³/mol. The largest absolute Gasteiger partial charge is 0.497 e. The molecule has 1 atom stereocenters. The van der Waals surface area contributed by atoms with E-state index in [1.54, 1.807) is 7.11 Å². The van der Waals surface area contributed by atoms with Crippen LogP contribution in [0.15, 0.2) is 54.6 Å². The van der Waals surface area contributed by atoms with Crippen molar-refractivity contribution in [2.75, 3.05) is 33.3 Å². The minimum absolute atomic E-state index is 0.0995. The molecular formula is C22H29N3O2. The van der Waals surface area contributed by atoms with Crippen molar-refractivity contribution in [1.29, 1.82) is 0 Å². The summed E-state index contributed by atoms with van der Waals surface area (Å²) in [6, 6.07) is 18.2. The summed E-state index contributed by atoms with van der Waals surface area (Å²) in [4.78, 5) is 17.2. The molecule has 0 aromatic heterocycles. The number of carbonyl (C=O) groups is 1. The van der Waals surface area contributed by atoms with Gasteiger partial charge in [-0.1, -0.05) is 42.5 Å². The first-order valence-electron chi connectivity index (χ1n) is 9.56. The molecule has 1 saturated heterocycles. The van der Waals surface area contributed by atoms with Gasteiger partial charge in [0.05, 0.1) is 13.2 Å². The summed E-state index contributed by atoms with van der Waals surface area (Å²) in [6.45, 7) is 7.30. The predicted octanol–water partition coefficient (Wildman–Crippen LogP) is 2.52. The van der Waals surface area contributed by atoms with Crippen LogP contribution in [0.3, 0.4) is 0 Å². The van der Waals surface area contributed by atoms with Crippen molar-refractivity contribution < 1.29 is 9.53 Å². The Bertz CT molecular complexity index is 710. The normalized spacial score (nSPS) is 16.7. The van der Waals surface area contributed by atoms with Gasteiger partial charge in [0.25, 0.3) is 0 Å². The lowest BCUT2D eigenvalue weighted by molar-refractivity contribution is -0.126. The molecule has 1 N–H and O–H groups in total. The Kier molecular flexibility index (Phi) is 6.85. The van der Waals surface area contributed by atoms with Crippen LogP contribution in [0.1, 0.15) is 18.1 Å². The van der Waals surface area contributed by atoms with E-state index in [9.17, 15) is 4.79 Å². The molecule has 5 heteroatoms. The van der Waals surface area contributed by atoms with Crippen LogP contribution in [0.25, 0.3) is 0 Å². The number of ether oxygens (including phenoxy) is 1. The van der Waals surface area contributed by atoms with E-state index in [1.165, 1.54) is 5.56 Å². The van der Waals surface area contributed by atoms with Gasteiger partial charge < -0.3 is 10.1 Å². The number of benzene rings is 2. The van der Waals surface area contributed by atoms with Crippen LogP contribution in [0.4, 0.5) is 0 Å². The number of hydrogen-bond acceptors (Lipinski definition) is 4. The molecule has 27 heavy (non-hydrogen) atoms. The number of rotatable bonds is 7. The molecule has 0 unspecified atom stereocenters. The topological polar surface area (TPSA) is 44.8 Å². The van der Waals surface area contributed by atoms with Crippen LogP contribution in [0.5, 0.6) is 5.75 Å². The van der Waals surface area contributed by atoms with Gasteiger partial charge >= 0.3 is 0 Å². The monoisotopic (exact) mass is 367 g/mol. The van der Waals surface area contributed by atoms with Crippen LogP contribution in [-0.4, -0.2) is 55.0 Å². The zero-order chi connectivity index (χ0) is 19.1. The van der Waals surface area contributed by atoms with Crippen molar-refractivity contribution in [3.05, 3.63) is 65.7 Å². The standard InChI is InChI=1S/C22H29N3O2/c1-18(22(26)23-16-19-6-4-3-5-7-19)25-14-12-24(13-15-25)17-20-8-10-21(27-2)11-9-20/h3-11,18H,12-17H2,1-2H3,(H,23,26)/t18-/m0/s1. The van der Waals surface area contributed by atoms with Crippen LogP contribution in [0.2, 0.25) is 0 Å². The Hall–Kier alpha value is -2.37. The van der Waals surface area contributed by atoms with Crippen LogP contribution in [-0.2, 0) is 17.9 Å². The summed E-state index contributed by atoms with van der Waals surface area (Å²) in [5.41, 5.74) is 2.42. The first kappa shape index (κ1) is 19.4. The van der Waals surface area contributed by atoms with E-state index in [-0.39, 0.29) is 11.9 Å². The highest BCUT2D eigenvalue weighted by atomic mass is 16.5. The SMILES string of the molecule is COc1ccc(CN2CCN([C@@H](C)C(=O)NCc3ccccc3)CC2)cc1. The molecule has 1 amide bonds. The molecule has 0 spiro atoms. The van der Waals surface area contributed by atoms with E-state index in [2.05, 4.69) is 27.2 Å². The summed E-state index contributed by atoms with van der Waals surface area (Å²) < 4.78 is 5.21. The van der Waals surface area contributed by atoms with Crippen molar-refractivity contribution in [2.24, 2.45) is 0 Å². The van der Waals surface area contributed by atoms with Gasteiger partial charge in [0.15, 0.2) is 0 Å². The molecule has 5 nitrogen and oxygen atoms in total. The van der Waals surface area contributed by atoms with Gasteiger partial charge in [0, 0.05) is 39.3 Å². The van der Waals surface area contributed by atoms with Gasteiger partial charge in [0.1, 0.15) is 5.75 Å². The van der Waals surface area contributed by atoms with E-state index >= 15 is 0 Å². The van der Waals surface area contributed by atoms with Gasteiger partial charge in [-0.05, 0) is 30.2 Å². The summed E-state index contributed by atoms with van der Waals surface area (Å²) >= 11 is 0. The molecular weight excluding hydrogens is 338 g/mol. The highest BCUT2D eigenvalue weighted by Gasteiger charge is 2.25. The van der Waals surface area contributed by atoms with Gasteiger partial charge in [-0.15, -0.1) is 0 Å². The van der Waals surface area contributed by atoms with Crippen LogP contribution >= 0.6 is 0 Å². The lowest BCUT2D eigenvalue weighted by atomic mass is 10.1. The Labute approximate surface area is 161 Å². The number of amides is 1. The number of carbonyl (C=O) groups excluding carboxylic acids is 1. The van der Waals surface area contributed by atoms with Crippen molar-refractivity contribution in [3.63, 3.8) is 0 Å². The Morgan fingerprint density at radius 2 is 1.67 bits per heavy atom. The Morgan fingerprint density at radius 3 is 2.30 bits per heavy atom. The molecule has 1 aliphatic rings. The molecule has 2 aromatic rings. The molecule has 0 saturated carbocycles. The lowest BCUT2D eigenvalue weighted by Crippen LogP contribution is -2.53. The summed E-state index contributed by atoms with van der Waals surface area (Å²) in [5.74, 6) is 0.987. The van der Waals surface area contributed by atoms with Gasteiger partial charge in [-0.25, -0.2) is 0 Å². The van der Waals surface area contributed by atoms with Crippen molar-refractivity contribution >= 4 is 5.91 Å². The molecule has 3 rings (SSSR count). The number of methoxy groups -OCH3 is 1. The Morgan fingerprint density at radius 1 is 1.00 bits per heavy atom. The van der Waals surface area contributed by atoms with E-state index < -0.39 is 0 Å². The van der Waals surface area contributed by atoms with Gasteiger partial charge in [0.2, 0.25) is 5.91 Å². The van der Waals surface area contributed by atoms with E-state index in [0.29, 0.717) is 6.54 Å². The highest BCUT2D eigenvalue weighted by molar-refractivity contribution is 5.81. The average molecular weight is 367 g/mol. The van der Waals surface area contributed by atoms with Crippen molar-refractivity contribution in [1.82, 2.24) is 15.1 Å². The van der Waals surface area contributed by atoms with Crippen molar-refractivity contribution in [3.8, 4) is 5.75 Å². The van der Waals surface area contributed by atoms with E-state index in [1.807, 2.05) is 49.4 Å². The molecule has 0 bridgehead atoms. The summed E-state index contributed by atoms with van der Waals surface area (Å²) in [7, 11) is 1.69. The molecule has 0 radical (unpaired) electrons. The first-order chi connectivity index (χ1) is 13.2. The number of nitrogens with zero attached hydrogens (tertiary/aromatic N) is 2. The summed E-state index contributed by atoms with van der Waals surface area (Å²) in [6.07, 6.45) is 0. The third-order valence-electron chi connectivity index (χ3n) is 5.21. The maximum Gasteiger partial charge on any atom is 0.237 e. The highest BCUT2D eigenvalue weighted by Crippen LogP contribution is 2.15. The van der Waals surface area contributed by atoms with Crippen LogP contribution in [0, 0.1) is 0 Å². The molecule has 1 aliphatic heterocycles. The third kappa shape index (κ3) is 5.55. The number of hydrogen-bond donors (Lipinski definition) is 1. The quantitative estimate of drug-likeness (QED) is 0.817. The van der Waals surface area contributed by atoms with Gasteiger partial charge in [-0.3, -0.25) is 14.6 Å². The molecule has 1 heterocycles. The fraction of sp³-hybridized carbons (Fsp3) is 0.409. The lowest BCUT2D eigenvalue weighted by Gasteiger charge is -2.37. The van der Waals surface area contributed by atoms with Gasteiger partial charge in [-0.2, -0.15) is 0 Å². The zero-order valence-electron chi connectivity index (χ0n) is 16.2. The number of nitrogens with one attached hydrogen (secondary N) is 1. The molecule has 144 valence electrons. The second kappa shape index (κ2) is 9.53. The maximum atomic E-state index is 12.5. The van der Waals surface area contributed by atoms with E-state index in [0.717, 1.165) is 44.0 Å². The molecule has 0 aliphatic carbocycles. The first-order valence-corrected chi connectivity index (χ1v) is 9.56. The molecule has 2 aromatic carbocycles. The fourth-order valence-electron chi connectivity index (χ4n) is 3.40. The smallest absolute Gasteiger partial charge is 0.237 e. The van der Waals surface area contributed by atoms with Crippen molar-refractivity contribution in [2.45, 2.75) is 26.1 Å². The zero-order valence-corrected chi connectivity index (χ0v) is 16.2. The second-order valence-corrected chi connectivity index (χ2v) is 7.04. The minimum Gasteiger partial charge on any atom is -0.497 e. The van der Waals surface area contributed by atoms with E-state index in [4.69, 9.17) is 4.74 Å². The molecule has 1 fully saturated rings. The van der Waals surface area contributed by atoms with Crippen LogP contribution < -0.4 is 10.1 Å².